The van der Waals surface area contributed by atoms with Crippen LogP contribution in [0.25, 0.3) is 55.6 Å². The van der Waals surface area contributed by atoms with Crippen molar-refractivity contribution >= 4 is 21.8 Å². The van der Waals surface area contributed by atoms with Crippen molar-refractivity contribution in [3.63, 3.8) is 0 Å². The zero-order valence-electron chi connectivity index (χ0n) is 16.6. The van der Waals surface area contributed by atoms with Crippen LogP contribution in [0.3, 0.4) is 0 Å². The van der Waals surface area contributed by atoms with Crippen LogP contribution in [0.2, 0.25) is 0 Å². The lowest BCUT2D eigenvalue weighted by Gasteiger charge is -2.03. The number of nitrogens with one attached hydrogen (secondary N) is 2. The van der Waals surface area contributed by atoms with Crippen molar-refractivity contribution in [2.24, 2.45) is 7.05 Å². The van der Waals surface area contributed by atoms with E-state index in [-0.39, 0.29) is 5.82 Å². The molecule has 0 aliphatic heterocycles. The number of benzene rings is 2. The van der Waals surface area contributed by atoms with E-state index < -0.39 is 0 Å². The summed E-state index contributed by atoms with van der Waals surface area (Å²) in [4.78, 5) is 7.88. The van der Waals surface area contributed by atoms with Gasteiger partial charge >= 0.3 is 0 Å². The van der Waals surface area contributed by atoms with Gasteiger partial charge < -0.3 is 4.98 Å². The zero-order valence-corrected chi connectivity index (χ0v) is 16.6. The minimum absolute atomic E-state index is 0.295. The molecule has 4 aromatic heterocycles. The summed E-state index contributed by atoms with van der Waals surface area (Å²) < 4.78 is 16.2. The van der Waals surface area contributed by atoms with Gasteiger partial charge in [0, 0.05) is 46.9 Å². The third kappa shape index (κ3) is 2.82. The van der Waals surface area contributed by atoms with Crippen LogP contribution in [0.1, 0.15) is 0 Å². The van der Waals surface area contributed by atoms with E-state index in [4.69, 9.17) is 0 Å². The van der Waals surface area contributed by atoms with E-state index in [1.807, 2.05) is 49.8 Å². The number of rotatable bonds is 3. The molecule has 0 bridgehead atoms. The second-order valence-electron chi connectivity index (χ2n) is 7.52. The Morgan fingerprint density at radius 3 is 2.61 bits per heavy atom. The van der Waals surface area contributed by atoms with Gasteiger partial charge in [-0.25, -0.2) is 4.39 Å². The maximum absolute atomic E-state index is 14.4. The van der Waals surface area contributed by atoms with Crippen molar-refractivity contribution in [2.45, 2.75) is 0 Å². The number of aromatic nitrogens is 6. The van der Waals surface area contributed by atoms with Crippen molar-refractivity contribution in [2.75, 3.05) is 0 Å². The Kier molecular flexibility index (Phi) is 3.76. The monoisotopic (exact) mass is 408 g/mol. The minimum Gasteiger partial charge on any atom is -0.353 e. The molecule has 31 heavy (non-hydrogen) atoms. The number of aromatic amines is 2. The molecule has 0 aliphatic carbocycles. The number of hydrogen-bond donors (Lipinski definition) is 2. The number of hydrogen-bond acceptors (Lipinski definition) is 3. The fourth-order valence-corrected chi connectivity index (χ4v) is 4.02. The second kappa shape index (κ2) is 6.63. The Balaban J connectivity index is 1.52. The molecule has 0 atom stereocenters. The van der Waals surface area contributed by atoms with Crippen LogP contribution >= 0.6 is 0 Å². The van der Waals surface area contributed by atoms with Crippen LogP contribution in [0.5, 0.6) is 0 Å². The summed E-state index contributed by atoms with van der Waals surface area (Å²) in [5.41, 5.74) is 6.65. The first-order valence-corrected chi connectivity index (χ1v) is 9.87. The second-order valence-corrected chi connectivity index (χ2v) is 7.52. The van der Waals surface area contributed by atoms with Crippen molar-refractivity contribution in [1.82, 2.24) is 29.9 Å². The highest BCUT2D eigenvalue weighted by molar-refractivity contribution is 6.00. The quantitative estimate of drug-likeness (QED) is 0.417. The van der Waals surface area contributed by atoms with E-state index in [1.165, 1.54) is 6.07 Å². The molecule has 7 heteroatoms. The molecule has 0 unspecified atom stereocenters. The summed E-state index contributed by atoms with van der Waals surface area (Å²) in [5.74, 6) is -0.295. The number of halogens is 1. The van der Waals surface area contributed by atoms with Gasteiger partial charge in [-0.05, 0) is 42.0 Å². The average Bonchev–Trinajstić information content (AvgIpc) is 3.50. The molecule has 4 heterocycles. The van der Waals surface area contributed by atoms with Crippen molar-refractivity contribution in [3.8, 4) is 33.8 Å². The highest BCUT2D eigenvalue weighted by Crippen LogP contribution is 2.34. The first-order chi connectivity index (χ1) is 15.2. The van der Waals surface area contributed by atoms with Gasteiger partial charge in [-0.1, -0.05) is 18.2 Å². The predicted molar refractivity (Wildman–Crippen MR) is 119 cm³/mol. The summed E-state index contributed by atoms with van der Waals surface area (Å²) in [5, 5.41) is 13.8. The lowest BCUT2D eigenvalue weighted by atomic mass is 10.0. The average molecular weight is 408 g/mol. The Morgan fingerprint density at radius 1 is 0.903 bits per heavy atom. The van der Waals surface area contributed by atoms with E-state index in [0.29, 0.717) is 11.3 Å². The SMILES string of the molecule is Cn1cc(-c2ccc3[nH]nc(-c4cc5c(-c6ccccc6F)nccc5[nH]4)c3c2)cn1. The zero-order chi connectivity index (χ0) is 20.9. The standard InChI is InChI=1S/C24H17FN6/c1-31-13-15(12-27-31)14-6-7-21-17(10-14)24(30-29-21)22-11-18-20(28-22)8-9-26-23(18)16-4-2-3-5-19(16)25/h2-13,28H,1H3,(H,29,30). The van der Waals surface area contributed by atoms with Gasteiger partial charge in [0.2, 0.25) is 0 Å². The molecule has 0 amide bonds. The summed E-state index contributed by atoms with van der Waals surface area (Å²) in [6, 6.07) is 16.7. The van der Waals surface area contributed by atoms with E-state index in [0.717, 1.165) is 44.3 Å². The van der Waals surface area contributed by atoms with E-state index in [1.54, 1.807) is 23.0 Å². The maximum atomic E-state index is 14.4. The van der Waals surface area contributed by atoms with Gasteiger partial charge in [0.15, 0.2) is 0 Å². The molecule has 6 aromatic rings. The van der Waals surface area contributed by atoms with Gasteiger partial charge in [0.05, 0.1) is 23.1 Å². The topological polar surface area (TPSA) is 75.2 Å². The molecule has 0 spiro atoms. The molecule has 0 saturated carbocycles. The van der Waals surface area contributed by atoms with Crippen LogP contribution in [-0.4, -0.2) is 29.9 Å². The van der Waals surface area contributed by atoms with E-state index >= 15 is 0 Å². The largest absolute Gasteiger partial charge is 0.353 e. The van der Waals surface area contributed by atoms with Gasteiger partial charge in [0.1, 0.15) is 11.5 Å². The highest BCUT2D eigenvalue weighted by Gasteiger charge is 2.16. The summed E-state index contributed by atoms with van der Waals surface area (Å²) in [7, 11) is 1.90. The predicted octanol–water partition coefficient (Wildman–Crippen LogP) is 5.31. The molecule has 0 fully saturated rings. The van der Waals surface area contributed by atoms with Crippen molar-refractivity contribution in [3.05, 3.63) is 79.0 Å². The molecular formula is C24H17FN6. The summed E-state index contributed by atoms with van der Waals surface area (Å²) in [6.07, 6.45) is 5.51. The van der Waals surface area contributed by atoms with Crippen molar-refractivity contribution in [1.29, 1.82) is 0 Å². The Bertz CT molecular complexity index is 1570. The number of fused-ring (bicyclic) bond motifs is 2. The highest BCUT2D eigenvalue weighted by atomic mass is 19.1. The lowest BCUT2D eigenvalue weighted by Crippen LogP contribution is -1.87. The van der Waals surface area contributed by atoms with E-state index in [2.05, 4.69) is 31.3 Å². The summed E-state index contributed by atoms with van der Waals surface area (Å²) in [6.45, 7) is 0. The molecule has 2 N–H and O–H groups in total. The number of nitrogens with zero attached hydrogens (tertiary/aromatic N) is 4. The lowest BCUT2D eigenvalue weighted by molar-refractivity contribution is 0.631. The molecule has 0 saturated heterocycles. The number of aryl methyl sites for hydroxylation is 1. The molecule has 6 nitrogen and oxygen atoms in total. The normalized spacial score (nSPS) is 11.5. The summed E-state index contributed by atoms with van der Waals surface area (Å²) >= 11 is 0. The van der Waals surface area contributed by atoms with Gasteiger partial charge in [-0.2, -0.15) is 10.2 Å². The molecule has 150 valence electrons. The minimum atomic E-state index is -0.295. The van der Waals surface area contributed by atoms with Crippen LogP contribution in [0, 0.1) is 5.82 Å². The van der Waals surface area contributed by atoms with Gasteiger partial charge in [-0.3, -0.25) is 14.8 Å². The fourth-order valence-electron chi connectivity index (χ4n) is 4.02. The Labute approximate surface area is 176 Å². The smallest absolute Gasteiger partial charge is 0.132 e. The Morgan fingerprint density at radius 2 is 1.77 bits per heavy atom. The third-order valence-electron chi connectivity index (χ3n) is 5.53. The third-order valence-corrected chi connectivity index (χ3v) is 5.53. The van der Waals surface area contributed by atoms with Crippen LogP contribution in [0.4, 0.5) is 4.39 Å². The Hall–Kier alpha value is -4.26. The van der Waals surface area contributed by atoms with Gasteiger partial charge in [0.25, 0.3) is 0 Å². The van der Waals surface area contributed by atoms with E-state index in [9.17, 15) is 4.39 Å². The number of H-pyrrole nitrogens is 2. The first-order valence-electron chi connectivity index (χ1n) is 9.87. The molecular weight excluding hydrogens is 391 g/mol. The number of pyridine rings is 1. The maximum Gasteiger partial charge on any atom is 0.132 e. The van der Waals surface area contributed by atoms with Crippen molar-refractivity contribution < 1.29 is 4.39 Å². The van der Waals surface area contributed by atoms with Crippen LogP contribution in [0.15, 0.2) is 73.2 Å². The fraction of sp³-hybridized carbons (Fsp3) is 0.0417. The van der Waals surface area contributed by atoms with Crippen LogP contribution in [-0.2, 0) is 7.05 Å². The molecule has 0 radical (unpaired) electrons. The molecule has 6 rings (SSSR count). The molecule has 0 aliphatic rings. The van der Waals surface area contributed by atoms with Crippen LogP contribution < -0.4 is 0 Å². The molecule has 2 aromatic carbocycles. The first kappa shape index (κ1) is 17.6. The van der Waals surface area contributed by atoms with Gasteiger partial charge in [-0.15, -0.1) is 0 Å².